The summed E-state index contributed by atoms with van der Waals surface area (Å²) in [7, 11) is 0. The molecule has 42 heavy (non-hydrogen) atoms. The van der Waals surface area contributed by atoms with E-state index in [1.54, 1.807) is 29.2 Å². The SMILES string of the molecule is CC(=O)Nc1ccc2oc(-c3ccnc(C(=O)N4CCN([C@H](c5ccccc5)c5nnn(C(F)F)n5)CC4)n3)nc2c1. The Hall–Kier alpha value is -5.18. The molecule has 0 radical (unpaired) electrons. The summed E-state index contributed by atoms with van der Waals surface area (Å²) in [6, 6.07) is 15.5. The van der Waals surface area contributed by atoms with Crippen LogP contribution in [0.1, 0.15) is 41.5 Å². The highest BCUT2D eigenvalue weighted by molar-refractivity contribution is 5.92. The molecular formula is C27H24F2N10O3. The highest BCUT2D eigenvalue weighted by Crippen LogP contribution is 2.28. The third-order valence-corrected chi connectivity index (χ3v) is 6.72. The third-order valence-electron chi connectivity index (χ3n) is 6.72. The fraction of sp³-hybridized carbons (Fsp3) is 0.259. The molecule has 1 aliphatic heterocycles. The van der Waals surface area contributed by atoms with Crippen molar-refractivity contribution in [1.82, 2.24) is 45.0 Å². The van der Waals surface area contributed by atoms with Gasteiger partial charge in [0.15, 0.2) is 11.4 Å². The quantitative estimate of drug-likeness (QED) is 0.307. The summed E-state index contributed by atoms with van der Waals surface area (Å²) in [4.78, 5) is 41.7. The molecule has 2 amide bonds. The Morgan fingerprint density at radius 3 is 2.50 bits per heavy atom. The van der Waals surface area contributed by atoms with Crippen LogP contribution in [0.5, 0.6) is 0 Å². The van der Waals surface area contributed by atoms with Crippen molar-refractivity contribution in [3.8, 4) is 11.6 Å². The summed E-state index contributed by atoms with van der Waals surface area (Å²) >= 11 is 0. The number of amides is 2. The van der Waals surface area contributed by atoms with Gasteiger partial charge in [-0.2, -0.15) is 8.78 Å². The van der Waals surface area contributed by atoms with E-state index in [-0.39, 0.29) is 34.2 Å². The molecule has 214 valence electrons. The maximum absolute atomic E-state index is 13.4. The first-order valence-corrected chi connectivity index (χ1v) is 13.0. The van der Waals surface area contributed by atoms with E-state index in [1.165, 1.54) is 13.1 Å². The predicted octanol–water partition coefficient (Wildman–Crippen LogP) is 3.17. The van der Waals surface area contributed by atoms with Crippen LogP contribution in [-0.4, -0.2) is 83.0 Å². The number of aromatic nitrogens is 7. The number of hydrogen-bond acceptors (Lipinski definition) is 10. The number of nitrogens with zero attached hydrogens (tertiary/aromatic N) is 9. The van der Waals surface area contributed by atoms with Gasteiger partial charge in [0.1, 0.15) is 11.2 Å². The lowest BCUT2D eigenvalue weighted by atomic mass is 10.0. The van der Waals surface area contributed by atoms with Gasteiger partial charge in [-0.3, -0.25) is 14.5 Å². The molecule has 1 N–H and O–H groups in total. The van der Waals surface area contributed by atoms with Crippen LogP contribution in [0.4, 0.5) is 14.5 Å². The lowest BCUT2D eigenvalue weighted by Gasteiger charge is -2.38. The molecule has 0 saturated carbocycles. The monoisotopic (exact) mass is 574 g/mol. The molecule has 0 spiro atoms. The number of nitrogens with one attached hydrogen (secondary N) is 1. The molecule has 2 aromatic carbocycles. The molecular weight excluding hydrogens is 550 g/mol. The number of oxazole rings is 1. The second kappa shape index (κ2) is 11.4. The normalized spacial score (nSPS) is 14.8. The Morgan fingerprint density at radius 1 is 1.00 bits per heavy atom. The van der Waals surface area contributed by atoms with Gasteiger partial charge in [0, 0.05) is 45.0 Å². The number of alkyl halides is 2. The van der Waals surface area contributed by atoms with Gasteiger partial charge in [-0.15, -0.1) is 10.2 Å². The number of fused-ring (bicyclic) bond motifs is 1. The van der Waals surface area contributed by atoms with Crippen molar-refractivity contribution in [2.24, 2.45) is 0 Å². The van der Waals surface area contributed by atoms with Crippen molar-refractivity contribution in [2.75, 3.05) is 31.5 Å². The standard InChI is InChI=1S/C27H24F2N10O3/c1-16(40)31-18-7-8-21-20(15-18)33-25(42-21)19-9-10-30-24(32-19)26(41)38-13-11-37(12-14-38)22(17-5-3-2-4-6-17)23-34-36-39(35-23)27(28)29/h2-10,15,22,27H,11-14H2,1H3,(H,31,40)/t22-/m1/s1. The number of hydrogen-bond donors (Lipinski definition) is 1. The van der Waals surface area contributed by atoms with Gasteiger partial charge in [0.2, 0.25) is 17.6 Å². The minimum Gasteiger partial charge on any atom is -0.435 e. The van der Waals surface area contributed by atoms with Crippen LogP contribution >= 0.6 is 0 Å². The summed E-state index contributed by atoms with van der Waals surface area (Å²) in [5, 5.41) is 14.0. The zero-order valence-electron chi connectivity index (χ0n) is 22.3. The molecule has 15 heteroatoms. The fourth-order valence-electron chi connectivity index (χ4n) is 4.81. The first-order valence-electron chi connectivity index (χ1n) is 13.0. The van der Waals surface area contributed by atoms with Crippen LogP contribution in [-0.2, 0) is 4.79 Å². The molecule has 1 saturated heterocycles. The first-order chi connectivity index (χ1) is 20.4. The van der Waals surface area contributed by atoms with E-state index in [4.69, 9.17) is 4.42 Å². The Kier molecular flexibility index (Phi) is 7.31. The van der Waals surface area contributed by atoms with Crippen molar-refractivity contribution >= 4 is 28.6 Å². The lowest BCUT2D eigenvalue weighted by Crippen LogP contribution is -2.50. The number of tetrazole rings is 1. The maximum Gasteiger partial charge on any atom is 0.350 e. The molecule has 5 aromatic rings. The van der Waals surface area contributed by atoms with Crippen LogP contribution in [0.3, 0.4) is 0 Å². The predicted molar refractivity (Wildman–Crippen MR) is 144 cm³/mol. The van der Waals surface area contributed by atoms with Gasteiger partial charge in [-0.05, 0) is 35.0 Å². The van der Waals surface area contributed by atoms with Crippen LogP contribution in [0, 0.1) is 0 Å². The first kappa shape index (κ1) is 27.0. The molecule has 1 fully saturated rings. The number of piperazine rings is 1. The van der Waals surface area contributed by atoms with Gasteiger partial charge in [0.25, 0.3) is 5.91 Å². The summed E-state index contributed by atoms with van der Waals surface area (Å²) in [6.07, 6.45) is 1.47. The van der Waals surface area contributed by atoms with Crippen molar-refractivity contribution in [3.05, 3.63) is 78.0 Å². The van der Waals surface area contributed by atoms with Crippen LogP contribution in [0.15, 0.2) is 65.2 Å². The van der Waals surface area contributed by atoms with Crippen LogP contribution in [0.2, 0.25) is 0 Å². The second-order valence-electron chi connectivity index (χ2n) is 9.54. The van der Waals surface area contributed by atoms with E-state index in [9.17, 15) is 18.4 Å². The number of carbonyl (C=O) groups excluding carboxylic acids is 2. The third kappa shape index (κ3) is 5.54. The Labute approximate surface area is 237 Å². The fourth-order valence-corrected chi connectivity index (χ4v) is 4.81. The minimum absolute atomic E-state index is 0.0108. The smallest absolute Gasteiger partial charge is 0.350 e. The summed E-state index contributed by atoms with van der Waals surface area (Å²) in [5.74, 6) is -0.215. The zero-order chi connectivity index (χ0) is 29.2. The number of rotatable bonds is 7. The molecule has 0 unspecified atom stereocenters. The maximum atomic E-state index is 13.4. The highest BCUT2D eigenvalue weighted by Gasteiger charge is 2.32. The van der Waals surface area contributed by atoms with Crippen molar-refractivity contribution in [1.29, 1.82) is 0 Å². The minimum atomic E-state index is -2.90. The van der Waals surface area contributed by atoms with Crippen molar-refractivity contribution < 1.29 is 22.8 Å². The average molecular weight is 575 g/mol. The van der Waals surface area contributed by atoms with Crippen LogP contribution < -0.4 is 5.32 Å². The molecule has 4 heterocycles. The molecule has 0 aliphatic carbocycles. The van der Waals surface area contributed by atoms with E-state index in [0.29, 0.717) is 48.7 Å². The summed E-state index contributed by atoms with van der Waals surface area (Å²) in [5.41, 5.74) is 2.76. The Morgan fingerprint density at radius 2 is 1.79 bits per heavy atom. The zero-order valence-corrected chi connectivity index (χ0v) is 22.3. The number of carbonyl (C=O) groups is 2. The topological polar surface area (TPSA) is 148 Å². The molecule has 3 aromatic heterocycles. The molecule has 6 rings (SSSR count). The van der Waals surface area contributed by atoms with Gasteiger partial charge in [-0.1, -0.05) is 35.1 Å². The largest absolute Gasteiger partial charge is 0.435 e. The summed E-state index contributed by atoms with van der Waals surface area (Å²) in [6.45, 7) is 0.0513. The van der Waals surface area contributed by atoms with E-state index < -0.39 is 12.6 Å². The van der Waals surface area contributed by atoms with Gasteiger partial charge in [0.05, 0.1) is 6.04 Å². The Balaban J connectivity index is 1.18. The molecule has 1 atom stereocenters. The molecule has 0 bridgehead atoms. The van der Waals surface area contributed by atoms with Gasteiger partial charge < -0.3 is 14.6 Å². The Bertz CT molecular complexity index is 1730. The van der Waals surface area contributed by atoms with E-state index in [2.05, 4.69) is 35.7 Å². The van der Waals surface area contributed by atoms with E-state index >= 15 is 0 Å². The van der Waals surface area contributed by atoms with Crippen LogP contribution in [0.25, 0.3) is 22.7 Å². The number of anilines is 1. The highest BCUT2D eigenvalue weighted by atomic mass is 19.3. The van der Waals surface area contributed by atoms with E-state index in [0.717, 1.165) is 5.56 Å². The summed E-state index contributed by atoms with van der Waals surface area (Å²) < 4.78 is 32.1. The van der Waals surface area contributed by atoms with Crippen molar-refractivity contribution in [3.63, 3.8) is 0 Å². The number of benzene rings is 2. The van der Waals surface area contributed by atoms with Crippen molar-refractivity contribution in [2.45, 2.75) is 19.5 Å². The van der Waals surface area contributed by atoms with Gasteiger partial charge >= 0.3 is 6.55 Å². The average Bonchev–Trinajstić information content (AvgIpc) is 3.66. The number of halogens is 2. The molecule has 1 aliphatic rings. The lowest BCUT2D eigenvalue weighted by molar-refractivity contribution is -0.114. The van der Waals surface area contributed by atoms with Gasteiger partial charge in [-0.25, -0.2) is 15.0 Å². The molecule has 13 nitrogen and oxygen atoms in total. The van der Waals surface area contributed by atoms with E-state index in [1.807, 2.05) is 35.2 Å². The second-order valence-corrected chi connectivity index (χ2v) is 9.54.